The van der Waals surface area contributed by atoms with Crippen LogP contribution in [-0.2, 0) is 11.4 Å². The highest BCUT2D eigenvalue weighted by molar-refractivity contribution is 7.90. The van der Waals surface area contributed by atoms with Crippen LogP contribution in [0.15, 0.2) is 48.7 Å². The molecule has 110 valence electrons. The molecule has 2 aromatic rings. The van der Waals surface area contributed by atoms with Crippen LogP contribution in [0.4, 0.5) is 0 Å². The first kappa shape index (κ1) is 16.0. The second-order valence-electron chi connectivity index (χ2n) is 5.18. The average molecular weight is 321 g/mol. The molecule has 21 heavy (non-hydrogen) atoms. The van der Waals surface area contributed by atoms with E-state index in [1.807, 2.05) is 62.4 Å². The molecule has 0 fully saturated rings. The Kier molecular flexibility index (Phi) is 5.06. The molecule has 0 saturated carbocycles. The fourth-order valence-corrected chi connectivity index (χ4v) is 2.10. The minimum absolute atomic E-state index is 0.602. The summed E-state index contributed by atoms with van der Waals surface area (Å²) in [6, 6.07) is 11.5. The van der Waals surface area contributed by atoms with Crippen molar-refractivity contribution in [2.45, 2.75) is 18.6 Å². The van der Waals surface area contributed by atoms with Crippen molar-refractivity contribution in [2.24, 2.45) is 5.14 Å². The normalized spacial score (nSPS) is 13.6. The summed E-state index contributed by atoms with van der Waals surface area (Å²) in [6.07, 6.45) is 5.41. The Morgan fingerprint density at radius 3 is 2.52 bits per heavy atom. The summed E-state index contributed by atoms with van der Waals surface area (Å²) in [5.41, 5.74) is 2.82. The molecule has 3 nitrogen and oxygen atoms in total. The quantitative estimate of drug-likeness (QED) is 0.871. The molecule has 1 unspecified atom stereocenters. The van der Waals surface area contributed by atoms with E-state index < -0.39 is 16.1 Å². The number of halogens is 1. The number of nitrogens with two attached hydrogens (primary N) is 1. The molecule has 2 rings (SSSR count). The van der Waals surface area contributed by atoms with Crippen LogP contribution >= 0.6 is 11.6 Å². The second-order valence-corrected chi connectivity index (χ2v) is 7.26. The molecule has 0 aliphatic carbocycles. The van der Waals surface area contributed by atoms with Gasteiger partial charge in [-0.3, -0.25) is 4.98 Å². The van der Waals surface area contributed by atoms with Crippen LogP contribution in [0.25, 0.3) is 17.2 Å². The zero-order chi connectivity index (χ0) is 15.5. The molecule has 2 N–H and O–H groups in total. The Balaban J connectivity index is 2.38. The molecule has 1 aromatic heterocycles. The summed E-state index contributed by atoms with van der Waals surface area (Å²) >= 11 is 4.48. The topological polar surface area (TPSA) is 62.0 Å². The Morgan fingerprint density at radius 2 is 1.90 bits per heavy atom. The van der Waals surface area contributed by atoms with Gasteiger partial charge in [0.15, 0.2) is 4.75 Å². The number of hydrogen-bond acceptors (Lipinski definition) is 3. The minimum atomic E-state index is -1.44. The molecule has 0 aliphatic heterocycles. The third-order valence-electron chi connectivity index (χ3n) is 3.15. The van der Waals surface area contributed by atoms with E-state index in [0.29, 0.717) is 5.02 Å². The molecular weight excluding hydrogens is 304 g/mol. The van der Waals surface area contributed by atoms with E-state index in [2.05, 4.69) is 4.98 Å². The zero-order valence-corrected chi connectivity index (χ0v) is 13.5. The maximum atomic E-state index is 11.5. The summed E-state index contributed by atoms with van der Waals surface area (Å²) in [7, 11) is 0. The lowest BCUT2D eigenvalue weighted by molar-refractivity contribution is 0.573. The van der Waals surface area contributed by atoms with E-state index in [1.54, 1.807) is 6.20 Å². The number of rotatable bonds is 4. The van der Waals surface area contributed by atoms with Gasteiger partial charge in [-0.05, 0) is 49.8 Å². The molecule has 0 bridgehead atoms. The summed E-state index contributed by atoms with van der Waals surface area (Å²) in [5.74, 6) is 0. The predicted octanol–water partition coefficient (Wildman–Crippen LogP) is 3.82. The van der Waals surface area contributed by atoms with Crippen molar-refractivity contribution >= 4 is 29.0 Å². The third-order valence-corrected chi connectivity index (χ3v) is 4.58. The monoisotopic (exact) mass is 320 g/mol. The molecule has 0 aliphatic rings. The van der Waals surface area contributed by atoms with Crippen LogP contribution in [0.5, 0.6) is 0 Å². The van der Waals surface area contributed by atoms with Gasteiger partial charge >= 0.3 is 0 Å². The summed E-state index contributed by atoms with van der Waals surface area (Å²) in [5, 5.41) is 6.18. The molecular formula is C16H17ClN2OS. The molecule has 1 heterocycles. The zero-order valence-electron chi connectivity index (χ0n) is 11.9. The van der Waals surface area contributed by atoms with Crippen molar-refractivity contribution in [3.63, 3.8) is 0 Å². The Hall–Kier alpha value is -1.33. The van der Waals surface area contributed by atoms with Crippen LogP contribution in [0.1, 0.15) is 19.5 Å². The van der Waals surface area contributed by atoms with Gasteiger partial charge < -0.3 is 4.55 Å². The number of hydrogen-bond donors (Lipinski definition) is 1. The first-order valence-electron chi connectivity index (χ1n) is 6.46. The maximum Gasteiger partial charge on any atom is 0.157 e. The second kappa shape index (κ2) is 6.62. The van der Waals surface area contributed by atoms with Gasteiger partial charge in [0.25, 0.3) is 0 Å². The molecule has 0 amide bonds. The lowest BCUT2D eigenvalue weighted by Gasteiger charge is -2.20. The van der Waals surface area contributed by atoms with Gasteiger partial charge in [-0.2, -0.15) is 5.14 Å². The van der Waals surface area contributed by atoms with Gasteiger partial charge in [0.1, 0.15) is 0 Å². The van der Waals surface area contributed by atoms with E-state index in [0.717, 1.165) is 16.8 Å². The van der Waals surface area contributed by atoms with Gasteiger partial charge in [0, 0.05) is 28.1 Å². The van der Waals surface area contributed by atoms with E-state index in [1.165, 1.54) is 0 Å². The van der Waals surface area contributed by atoms with Crippen LogP contribution in [0.2, 0.25) is 5.02 Å². The van der Waals surface area contributed by atoms with Crippen molar-refractivity contribution < 1.29 is 4.55 Å². The fraction of sp³-hybridized carbons (Fsp3) is 0.188. The van der Waals surface area contributed by atoms with Crippen molar-refractivity contribution in [1.29, 1.82) is 0 Å². The number of aromatic nitrogens is 1. The molecule has 1 aromatic carbocycles. The largest absolute Gasteiger partial charge is 0.598 e. The Morgan fingerprint density at radius 1 is 1.24 bits per heavy atom. The molecule has 1 atom stereocenters. The summed E-state index contributed by atoms with van der Waals surface area (Å²) < 4.78 is 10.9. The Bertz CT molecular complexity index is 639. The minimum Gasteiger partial charge on any atom is -0.598 e. The molecule has 0 spiro atoms. The van der Waals surface area contributed by atoms with Crippen LogP contribution in [0.3, 0.4) is 0 Å². The SMILES string of the molecule is CC(C)(C=Cc1ncccc1-c1ccc(Cl)cc1)[S+](N)[O-]. The first-order valence-corrected chi connectivity index (χ1v) is 8.06. The predicted molar refractivity (Wildman–Crippen MR) is 90.1 cm³/mol. The van der Waals surface area contributed by atoms with Crippen molar-refractivity contribution in [2.75, 3.05) is 0 Å². The van der Waals surface area contributed by atoms with Crippen molar-refractivity contribution in [3.05, 3.63) is 59.4 Å². The van der Waals surface area contributed by atoms with Crippen LogP contribution in [-0.4, -0.2) is 14.3 Å². The van der Waals surface area contributed by atoms with Crippen molar-refractivity contribution in [1.82, 2.24) is 4.98 Å². The van der Waals surface area contributed by atoms with Gasteiger partial charge in [0.05, 0.1) is 5.69 Å². The first-order chi connectivity index (χ1) is 9.90. The van der Waals surface area contributed by atoms with Gasteiger partial charge in [-0.1, -0.05) is 29.8 Å². The van der Waals surface area contributed by atoms with Gasteiger partial charge in [0.2, 0.25) is 0 Å². The Labute approximate surface area is 133 Å². The summed E-state index contributed by atoms with van der Waals surface area (Å²) in [4.78, 5) is 4.38. The van der Waals surface area contributed by atoms with Crippen LogP contribution in [0, 0.1) is 0 Å². The van der Waals surface area contributed by atoms with Gasteiger partial charge in [-0.25, -0.2) is 0 Å². The lowest BCUT2D eigenvalue weighted by Crippen LogP contribution is -2.35. The maximum absolute atomic E-state index is 11.5. The lowest BCUT2D eigenvalue weighted by atomic mass is 10.0. The molecule has 0 saturated heterocycles. The summed E-state index contributed by atoms with van der Waals surface area (Å²) in [6.45, 7) is 3.65. The van der Waals surface area contributed by atoms with Crippen LogP contribution < -0.4 is 5.14 Å². The number of benzene rings is 1. The molecule has 0 radical (unpaired) electrons. The standard InChI is InChI=1S/C16H17ClN2OS/c1-16(2,21(18)20)10-9-15-14(4-3-11-19-15)12-5-7-13(17)8-6-12/h3-11H,18H2,1-2H3. The average Bonchev–Trinajstić information content (AvgIpc) is 2.46. The van der Waals surface area contributed by atoms with Crippen molar-refractivity contribution in [3.8, 4) is 11.1 Å². The highest BCUT2D eigenvalue weighted by Gasteiger charge is 2.26. The third kappa shape index (κ3) is 4.08. The van der Waals surface area contributed by atoms with E-state index >= 15 is 0 Å². The van der Waals surface area contributed by atoms with E-state index in [4.69, 9.17) is 16.7 Å². The van der Waals surface area contributed by atoms with E-state index in [-0.39, 0.29) is 0 Å². The highest BCUT2D eigenvalue weighted by Crippen LogP contribution is 2.26. The smallest absolute Gasteiger partial charge is 0.157 e. The fourth-order valence-electron chi connectivity index (χ4n) is 1.77. The number of pyridine rings is 1. The number of nitrogens with zero attached hydrogens (tertiary/aromatic N) is 1. The van der Waals surface area contributed by atoms with E-state index in [9.17, 15) is 4.55 Å². The van der Waals surface area contributed by atoms with Gasteiger partial charge in [-0.15, -0.1) is 0 Å². The highest BCUT2D eigenvalue weighted by atomic mass is 35.5. The molecule has 5 heteroatoms.